The van der Waals surface area contributed by atoms with Crippen LogP contribution in [0.2, 0.25) is 0 Å². The molecule has 26 heavy (non-hydrogen) atoms. The standard InChI is InChI=1S/C14H28N4O8/c15-13(24)8(5-9(20)10(21)7-19)12(14(25)26)18-4-3-16-1-2-17-6-11(22)23/h8-10,12,16-21H,1-7H2,(H2,15,24)(H,22,23)(H,25,26). The summed E-state index contributed by atoms with van der Waals surface area (Å²) in [7, 11) is 0. The van der Waals surface area contributed by atoms with E-state index in [9.17, 15) is 29.7 Å². The molecular formula is C14H28N4O8. The summed E-state index contributed by atoms with van der Waals surface area (Å²) < 4.78 is 0. The van der Waals surface area contributed by atoms with E-state index >= 15 is 0 Å². The van der Waals surface area contributed by atoms with Crippen molar-refractivity contribution in [2.75, 3.05) is 39.3 Å². The third-order valence-corrected chi connectivity index (χ3v) is 3.58. The summed E-state index contributed by atoms with van der Waals surface area (Å²) in [6.07, 6.45) is -3.43. The molecule has 0 radical (unpaired) electrons. The van der Waals surface area contributed by atoms with E-state index < -0.39 is 55.0 Å². The lowest BCUT2D eigenvalue weighted by atomic mass is 9.90. The predicted octanol–water partition coefficient (Wildman–Crippen LogP) is -4.50. The maximum absolute atomic E-state index is 11.5. The number of primary amides is 1. The van der Waals surface area contributed by atoms with Gasteiger partial charge in [0.1, 0.15) is 12.1 Å². The highest BCUT2D eigenvalue weighted by Gasteiger charge is 2.35. The second-order valence-corrected chi connectivity index (χ2v) is 5.65. The summed E-state index contributed by atoms with van der Waals surface area (Å²) in [6, 6.07) is -1.38. The summed E-state index contributed by atoms with van der Waals surface area (Å²) >= 11 is 0. The average Bonchev–Trinajstić information content (AvgIpc) is 2.57. The zero-order chi connectivity index (χ0) is 20.1. The Labute approximate surface area is 150 Å². The van der Waals surface area contributed by atoms with E-state index in [1.165, 1.54) is 0 Å². The number of amides is 1. The Bertz CT molecular complexity index is 451. The molecule has 4 unspecified atom stereocenters. The average molecular weight is 380 g/mol. The van der Waals surface area contributed by atoms with Crippen molar-refractivity contribution >= 4 is 17.8 Å². The molecule has 12 nitrogen and oxygen atoms in total. The molecule has 0 heterocycles. The van der Waals surface area contributed by atoms with Gasteiger partial charge in [0.05, 0.1) is 25.2 Å². The van der Waals surface area contributed by atoms with Gasteiger partial charge in [0.2, 0.25) is 5.91 Å². The van der Waals surface area contributed by atoms with Crippen molar-refractivity contribution in [3.63, 3.8) is 0 Å². The van der Waals surface area contributed by atoms with Crippen LogP contribution in [0.15, 0.2) is 0 Å². The first-order valence-electron chi connectivity index (χ1n) is 8.06. The van der Waals surface area contributed by atoms with Gasteiger partial charge in [-0.25, -0.2) is 0 Å². The Morgan fingerprint density at radius 2 is 1.50 bits per heavy atom. The van der Waals surface area contributed by atoms with Gasteiger partial charge < -0.3 is 47.2 Å². The largest absolute Gasteiger partial charge is 0.480 e. The van der Waals surface area contributed by atoms with Crippen LogP contribution in [0.25, 0.3) is 0 Å². The summed E-state index contributed by atoms with van der Waals surface area (Å²) in [5.41, 5.74) is 5.21. The number of aliphatic hydroxyl groups is 3. The second-order valence-electron chi connectivity index (χ2n) is 5.65. The molecule has 12 heteroatoms. The molecule has 0 aromatic rings. The summed E-state index contributed by atoms with van der Waals surface area (Å²) in [4.78, 5) is 33.2. The lowest BCUT2D eigenvalue weighted by molar-refractivity contribution is -0.145. The van der Waals surface area contributed by atoms with Crippen LogP contribution in [0.4, 0.5) is 0 Å². The van der Waals surface area contributed by atoms with Crippen molar-refractivity contribution in [2.24, 2.45) is 11.7 Å². The highest BCUT2D eigenvalue weighted by Crippen LogP contribution is 2.14. The van der Waals surface area contributed by atoms with E-state index in [-0.39, 0.29) is 13.1 Å². The van der Waals surface area contributed by atoms with E-state index in [2.05, 4.69) is 16.0 Å². The van der Waals surface area contributed by atoms with Crippen LogP contribution in [0.5, 0.6) is 0 Å². The van der Waals surface area contributed by atoms with Crippen LogP contribution >= 0.6 is 0 Å². The van der Waals surface area contributed by atoms with Crippen LogP contribution in [0, 0.1) is 5.92 Å². The highest BCUT2D eigenvalue weighted by atomic mass is 16.4. The van der Waals surface area contributed by atoms with E-state index in [0.29, 0.717) is 19.6 Å². The minimum absolute atomic E-state index is 0.163. The van der Waals surface area contributed by atoms with Crippen molar-refractivity contribution in [2.45, 2.75) is 24.7 Å². The Hall–Kier alpha value is -1.83. The fourth-order valence-corrected chi connectivity index (χ4v) is 2.17. The lowest BCUT2D eigenvalue weighted by Crippen LogP contribution is -2.51. The maximum Gasteiger partial charge on any atom is 0.321 e. The fourth-order valence-electron chi connectivity index (χ4n) is 2.17. The molecule has 0 aliphatic carbocycles. The van der Waals surface area contributed by atoms with Gasteiger partial charge in [-0.1, -0.05) is 0 Å². The van der Waals surface area contributed by atoms with E-state index in [1.54, 1.807) is 0 Å². The first-order valence-corrected chi connectivity index (χ1v) is 8.06. The molecule has 0 fully saturated rings. The van der Waals surface area contributed by atoms with Gasteiger partial charge in [0.25, 0.3) is 0 Å². The molecule has 0 bridgehead atoms. The van der Waals surface area contributed by atoms with Gasteiger partial charge in [-0.15, -0.1) is 0 Å². The number of aliphatic hydroxyl groups excluding tert-OH is 3. The number of carboxylic acids is 2. The SMILES string of the molecule is NC(=O)C(CC(O)C(O)CO)C(NCCNCCNCC(=O)O)C(=O)O. The number of nitrogens with one attached hydrogen (secondary N) is 3. The number of carbonyl (C=O) groups is 3. The third kappa shape index (κ3) is 10.2. The highest BCUT2D eigenvalue weighted by molar-refractivity contribution is 5.85. The molecule has 0 aliphatic heterocycles. The van der Waals surface area contributed by atoms with Crippen LogP contribution in [0.1, 0.15) is 6.42 Å². The maximum atomic E-state index is 11.5. The summed E-state index contributed by atoms with van der Waals surface area (Å²) in [5, 5.41) is 53.8. The van der Waals surface area contributed by atoms with Crippen molar-refractivity contribution in [3.8, 4) is 0 Å². The molecule has 1 amide bonds. The number of carboxylic acid groups (broad SMARTS) is 2. The predicted molar refractivity (Wildman–Crippen MR) is 89.2 cm³/mol. The Morgan fingerprint density at radius 3 is 2.00 bits per heavy atom. The molecule has 4 atom stereocenters. The van der Waals surface area contributed by atoms with E-state index in [4.69, 9.17) is 15.9 Å². The number of hydrogen-bond donors (Lipinski definition) is 9. The number of carbonyl (C=O) groups excluding carboxylic acids is 1. The first-order chi connectivity index (χ1) is 12.2. The minimum Gasteiger partial charge on any atom is -0.480 e. The number of rotatable bonds is 16. The van der Waals surface area contributed by atoms with Crippen LogP contribution in [-0.4, -0.2) is 101 Å². The van der Waals surface area contributed by atoms with Crippen molar-refractivity contribution in [1.82, 2.24) is 16.0 Å². The molecule has 152 valence electrons. The van der Waals surface area contributed by atoms with Crippen molar-refractivity contribution in [1.29, 1.82) is 0 Å². The molecule has 0 aromatic heterocycles. The lowest BCUT2D eigenvalue weighted by Gasteiger charge is -2.26. The van der Waals surface area contributed by atoms with E-state index in [1.807, 2.05) is 0 Å². The molecule has 0 aromatic carbocycles. The molecule has 10 N–H and O–H groups in total. The molecular weight excluding hydrogens is 352 g/mol. The van der Waals surface area contributed by atoms with Gasteiger partial charge in [-0.3, -0.25) is 14.4 Å². The van der Waals surface area contributed by atoms with Crippen LogP contribution in [0.3, 0.4) is 0 Å². The fraction of sp³-hybridized carbons (Fsp3) is 0.786. The third-order valence-electron chi connectivity index (χ3n) is 3.58. The minimum atomic E-state index is -1.51. The molecule has 0 spiro atoms. The van der Waals surface area contributed by atoms with E-state index in [0.717, 1.165) is 0 Å². The van der Waals surface area contributed by atoms with Crippen molar-refractivity contribution in [3.05, 3.63) is 0 Å². The Morgan fingerprint density at radius 1 is 0.923 bits per heavy atom. The molecule has 0 aliphatic rings. The summed E-state index contributed by atoms with van der Waals surface area (Å²) in [5.74, 6) is -4.56. The van der Waals surface area contributed by atoms with Crippen LogP contribution in [-0.2, 0) is 14.4 Å². The van der Waals surface area contributed by atoms with Crippen molar-refractivity contribution < 1.29 is 39.9 Å². The monoisotopic (exact) mass is 380 g/mol. The Kier molecular flexibility index (Phi) is 12.4. The topological polar surface area (TPSA) is 214 Å². The van der Waals surface area contributed by atoms with Gasteiger partial charge in [0.15, 0.2) is 0 Å². The number of hydrogen-bond acceptors (Lipinski definition) is 9. The molecule has 0 saturated carbocycles. The van der Waals surface area contributed by atoms with Gasteiger partial charge in [-0.05, 0) is 6.42 Å². The second kappa shape index (κ2) is 13.4. The quantitative estimate of drug-likeness (QED) is 0.116. The Balaban J connectivity index is 4.39. The zero-order valence-corrected chi connectivity index (χ0v) is 14.3. The number of nitrogens with two attached hydrogens (primary N) is 1. The zero-order valence-electron chi connectivity index (χ0n) is 14.3. The van der Waals surface area contributed by atoms with Crippen LogP contribution < -0.4 is 21.7 Å². The normalized spacial score (nSPS) is 15.8. The van der Waals surface area contributed by atoms with Gasteiger partial charge in [0, 0.05) is 26.2 Å². The number of aliphatic carboxylic acids is 2. The first kappa shape index (κ1) is 24.2. The summed E-state index contributed by atoms with van der Waals surface area (Å²) in [6.45, 7) is 0.461. The molecule has 0 rings (SSSR count). The molecule has 0 saturated heterocycles. The smallest absolute Gasteiger partial charge is 0.321 e. The van der Waals surface area contributed by atoms with Gasteiger partial charge in [-0.2, -0.15) is 0 Å². The van der Waals surface area contributed by atoms with Gasteiger partial charge >= 0.3 is 11.9 Å².